The van der Waals surface area contributed by atoms with Crippen LogP contribution in [0.25, 0.3) is 0 Å². The monoisotopic (exact) mass is 257 g/mol. The molecule has 0 aliphatic carbocycles. The Labute approximate surface area is 114 Å². The van der Waals surface area contributed by atoms with Crippen LogP contribution in [0.15, 0.2) is 0 Å². The van der Waals surface area contributed by atoms with E-state index in [1.807, 2.05) is 0 Å². The van der Waals surface area contributed by atoms with Crippen molar-refractivity contribution in [3.05, 3.63) is 0 Å². The van der Waals surface area contributed by atoms with Gasteiger partial charge in [-0.1, -0.05) is 39.0 Å². The molecule has 3 nitrogen and oxygen atoms in total. The van der Waals surface area contributed by atoms with Crippen molar-refractivity contribution in [2.24, 2.45) is 5.73 Å². The lowest BCUT2D eigenvalue weighted by atomic mass is 10.1. The molecule has 0 saturated carbocycles. The minimum Gasteiger partial charge on any atom is -0.330 e. The van der Waals surface area contributed by atoms with Crippen molar-refractivity contribution in [2.75, 3.05) is 32.7 Å². The van der Waals surface area contributed by atoms with Gasteiger partial charge in [-0.25, -0.2) is 0 Å². The van der Waals surface area contributed by atoms with Crippen LogP contribution in [0.5, 0.6) is 0 Å². The molecule has 110 valence electrons. The van der Waals surface area contributed by atoms with Gasteiger partial charge in [-0.15, -0.1) is 0 Å². The molecule has 0 unspecified atom stereocenters. The molecule has 0 atom stereocenters. The van der Waals surface area contributed by atoms with Crippen LogP contribution >= 0.6 is 0 Å². The second-order valence-corrected chi connectivity index (χ2v) is 5.12. The second kappa shape index (κ2) is 16.9. The number of hydrogen-bond acceptors (Lipinski definition) is 3. The van der Waals surface area contributed by atoms with Gasteiger partial charge in [0.25, 0.3) is 0 Å². The summed E-state index contributed by atoms with van der Waals surface area (Å²) in [6.07, 6.45) is 12.0. The maximum absolute atomic E-state index is 5.43. The molecule has 0 bridgehead atoms. The van der Waals surface area contributed by atoms with Crippen LogP contribution in [-0.4, -0.2) is 32.7 Å². The lowest BCUT2D eigenvalue weighted by Gasteiger charge is -2.06. The van der Waals surface area contributed by atoms with E-state index in [0.717, 1.165) is 26.1 Å². The summed E-state index contributed by atoms with van der Waals surface area (Å²) in [5.74, 6) is 0. The molecule has 18 heavy (non-hydrogen) atoms. The highest BCUT2D eigenvalue weighted by atomic mass is 14.9. The molecule has 0 heterocycles. The zero-order chi connectivity index (χ0) is 13.3. The average Bonchev–Trinajstić information content (AvgIpc) is 2.39. The van der Waals surface area contributed by atoms with Gasteiger partial charge in [-0.05, 0) is 58.4 Å². The van der Waals surface area contributed by atoms with Gasteiger partial charge in [0.05, 0.1) is 0 Å². The van der Waals surface area contributed by atoms with Gasteiger partial charge in [0.1, 0.15) is 0 Å². The van der Waals surface area contributed by atoms with Crippen LogP contribution in [0.3, 0.4) is 0 Å². The average molecular weight is 257 g/mol. The largest absolute Gasteiger partial charge is 0.330 e. The normalized spacial score (nSPS) is 11.0. The minimum absolute atomic E-state index is 0.798. The zero-order valence-electron chi connectivity index (χ0n) is 12.5. The fourth-order valence-corrected chi connectivity index (χ4v) is 2.01. The maximum Gasteiger partial charge on any atom is -0.00369 e. The lowest BCUT2D eigenvalue weighted by Crippen LogP contribution is -2.21. The lowest BCUT2D eigenvalue weighted by molar-refractivity contribution is 0.546. The highest BCUT2D eigenvalue weighted by molar-refractivity contribution is 4.53. The van der Waals surface area contributed by atoms with Gasteiger partial charge in [0.15, 0.2) is 0 Å². The molecule has 0 amide bonds. The highest BCUT2D eigenvalue weighted by Crippen LogP contribution is 2.03. The molecule has 0 aliphatic rings. The van der Waals surface area contributed by atoms with Crippen LogP contribution in [0.4, 0.5) is 0 Å². The predicted molar refractivity (Wildman–Crippen MR) is 82.0 cm³/mol. The van der Waals surface area contributed by atoms with E-state index >= 15 is 0 Å². The van der Waals surface area contributed by atoms with Crippen LogP contribution in [0, 0.1) is 0 Å². The van der Waals surface area contributed by atoms with E-state index in [2.05, 4.69) is 17.6 Å². The molecular weight excluding hydrogens is 222 g/mol. The summed E-state index contributed by atoms with van der Waals surface area (Å²) in [6.45, 7) is 7.65. The van der Waals surface area contributed by atoms with Crippen LogP contribution in [0.2, 0.25) is 0 Å². The Morgan fingerprint density at radius 1 is 0.611 bits per heavy atom. The van der Waals surface area contributed by atoms with E-state index in [9.17, 15) is 0 Å². The van der Waals surface area contributed by atoms with Crippen molar-refractivity contribution in [3.8, 4) is 0 Å². The van der Waals surface area contributed by atoms with Crippen molar-refractivity contribution in [1.29, 1.82) is 0 Å². The smallest absolute Gasteiger partial charge is 0.00369 e. The third kappa shape index (κ3) is 15.9. The summed E-state index contributed by atoms with van der Waals surface area (Å²) in [5.41, 5.74) is 5.43. The Balaban J connectivity index is 2.86. The van der Waals surface area contributed by atoms with Crippen molar-refractivity contribution in [1.82, 2.24) is 10.6 Å². The third-order valence-electron chi connectivity index (χ3n) is 3.22. The number of nitrogens with one attached hydrogen (secondary N) is 2. The number of unbranched alkanes of at least 4 members (excludes halogenated alkanes) is 6. The first-order valence-electron chi connectivity index (χ1n) is 8.03. The number of nitrogens with two attached hydrogens (primary N) is 1. The molecule has 0 radical (unpaired) electrons. The molecule has 3 heteroatoms. The SMILES string of the molecule is CCCCCCCCNCCCCNCCCN. The topological polar surface area (TPSA) is 50.1 Å². The van der Waals surface area contributed by atoms with Crippen LogP contribution in [-0.2, 0) is 0 Å². The molecule has 0 spiro atoms. The Hall–Kier alpha value is -0.120. The van der Waals surface area contributed by atoms with Gasteiger partial charge in [0, 0.05) is 0 Å². The van der Waals surface area contributed by atoms with E-state index in [4.69, 9.17) is 5.73 Å². The molecule has 0 saturated heterocycles. The van der Waals surface area contributed by atoms with Crippen molar-refractivity contribution in [3.63, 3.8) is 0 Å². The molecule has 4 N–H and O–H groups in total. The van der Waals surface area contributed by atoms with Gasteiger partial charge in [0.2, 0.25) is 0 Å². The fraction of sp³-hybridized carbons (Fsp3) is 1.00. The van der Waals surface area contributed by atoms with Gasteiger partial charge < -0.3 is 16.4 Å². The highest BCUT2D eigenvalue weighted by Gasteiger charge is 1.91. The van der Waals surface area contributed by atoms with Crippen molar-refractivity contribution < 1.29 is 0 Å². The summed E-state index contributed by atoms with van der Waals surface area (Å²) in [4.78, 5) is 0. The van der Waals surface area contributed by atoms with Crippen molar-refractivity contribution >= 4 is 0 Å². The van der Waals surface area contributed by atoms with E-state index in [-0.39, 0.29) is 0 Å². The van der Waals surface area contributed by atoms with E-state index in [0.29, 0.717) is 0 Å². The molecule has 0 aliphatic heterocycles. The molecule has 0 aromatic rings. The first-order valence-corrected chi connectivity index (χ1v) is 8.03. The summed E-state index contributed by atoms with van der Waals surface area (Å²) >= 11 is 0. The Morgan fingerprint density at radius 2 is 1.06 bits per heavy atom. The summed E-state index contributed by atoms with van der Waals surface area (Å²) < 4.78 is 0. The maximum atomic E-state index is 5.43. The second-order valence-electron chi connectivity index (χ2n) is 5.12. The molecule has 0 fully saturated rings. The molecule has 0 aromatic carbocycles. The third-order valence-corrected chi connectivity index (χ3v) is 3.22. The quantitative estimate of drug-likeness (QED) is 0.395. The summed E-state index contributed by atoms with van der Waals surface area (Å²) in [6, 6.07) is 0. The van der Waals surface area contributed by atoms with Crippen LogP contribution in [0.1, 0.15) is 64.7 Å². The molecule has 0 aromatic heterocycles. The van der Waals surface area contributed by atoms with Gasteiger partial charge >= 0.3 is 0 Å². The van der Waals surface area contributed by atoms with Gasteiger partial charge in [-0.3, -0.25) is 0 Å². The van der Waals surface area contributed by atoms with E-state index < -0.39 is 0 Å². The number of hydrogen-bond donors (Lipinski definition) is 3. The standard InChI is InChI=1S/C15H35N3/c1-2-3-4-5-6-7-12-17-13-8-9-14-18-15-10-11-16/h17-18H,2-16H2,1H3. The fourth-order valence-electron chi connectivity index (χ4n) is 2.01. The van der Waals surface area contributed by atoms with Crippen molar-refractivity contribution in [2.45, 2.75) is 64.7 Å². The summed E-state index contributed by atoms with van der Waals surface area (Å²) in [5, 5.41) is 6.94. The van der Waals surface area contributed by atoms with Gasteiger partial charge in [-0.2, -0.15) is 0 Å². The number of rotatable bonds is 15. The van der Waals surface area contributed by atoms with E-state index in [1.54, 1.807) is 0 Å². The van der Waals surface area contributed by atoms with Crippen LogP contribution < -0.4 is 16.4 Å². The first kappa shape index (κ1) is 17.9. The molecule has 0 rings (SSSR count). The Kier molecular flexibility index (Phi) is 16.8. The minimum atomic E-state index is 0.798. The summed E-state index contributed by atoms with van der Waals surface area (Å²) in [7, 11) is 0. The Bertz CT molecular complexity index is 124. The zero-order valence-corrected chi connectivity index (χ0v) is 12.5. The van der Waals surface area contributed by atoms with E-state index in [1.165, 1.54) is 64.5 Å². The predicted octanol–water partition coefficient (Wildman–Crippen LogP) is 2.66. The first-order chi connectivity index (χ1) is 8.91. The molecular formula is C15H35N3. The Morgan fingerprint density at radius 3 is 1.61 bits per heavy atom.